The second kappa shape index (κ2) is 6.38. The number of carboxylic acids is 1. The largest absolute Gasteiger partial charge is 0.477 e. The molecule has 0 saturated heterocycles. The molecule has 0 spiro atoms. The van der Waals surface area contributed by atoms with Crippen molar-refractivity contribution < 1.29 is 9.90 Å². The molecular weight excluding hydrogens is 244 g/mol. The maximum atomic E-state index is 10.9. The Kier molecular flexibility index (Phi) is 5.11. The van der Waals surface area contributed by atoms with Gasteiger partial charge in [-0.2, -0.15) is 0 Å². The molecule has 1 aromatic heterocycles. The molecule has 1 unspecified atom stereocenters. The summed E-state index contributed by atoms with van der Waals surface area (Å²) in [5, 5.41) is 12.2. The number of likely N-dealkylation sites (N-methyl/N-ethyl adjacent to an activating group) is 1. The monoisotopic (exact) mass is 266 g/mol. The highest BCUT2D eigenvalue weighted by Gasteiger charge is 2.17. The number of carbonyl (C=O) groups is 1. The van der Waals surface area contributed by atoms with E-state index in [0.717, 1.165) is 6.54 Å². The molecule has 1 atom stereocenters. The Morgan fingerprint density at radius 3 is 2.58 bits per heavy atom. The van der Waals surface area contributed by atoms with Gasteiger partial charge >= 0.3 is 5.97 Å². The molecule has 0 saturated carbocycles. The molecule has 0 aliphatic rings. The third-order valence-electron chi connectivity index (χ3n) is 2.83. The fourth-order valence-corrected chi connectivity index (χ4v) is 1.70. The zero-order chi connectivity index (χ0) is 14.6. The minimum absolute atomic E-state index is 0.0101. The lowest BCUT2D eigenvalue weighted by atomic mass is 10.0. The van der Waals surface area contributed by atoms with Gasteiger partial charge < -0.3 is 21.1 Å². The van der Waals surface area contributed by atoms with Gasteiger partial charge in [-0.3, -0.25) is 0 Å². The van der Waals surface area contributed by atoms with E-state index in [2.05, 4.69) is 29.0 Å². The van der Waals surface area contributed by atoms with Crippen LogP contribution in [0.25, 0.3) is 0 Å². The second-order valence-electron chi connectivity index (χ2n) is 5.20. The molecule has 0 bridgehead atoms. The Hall–Kier alpha value is -1.82. The van der Waals surface area contributed by atoms with Crippen molar-refractivity contribution in [3.05, 3.63) is 17.8 Å². The van der Waals surface area contributed by atoms with Crippen molar-refractivity contribution in [1.82, 2.24) is 9.88 Å². The van der Waals surface area contributed by atoms with Gasteiger partial charge in [-0.15, -0.1) is 0 Å². The summed E-state index contributed by atoms with van der Waals surface area (Å²) in [5.74, 6) is -0.255. The molecule has 0 aromatic carbocycles. The van der Waals surface area contributed by atoms with Crippen molar-refractivity contribution in [1.29, 1.82) is 0 Å². The highest BCUT2D eigenvalue weighted by molar-refractivity contribution is 5.86. The number of rotatable bonds is 6. The van der Waals surface area contributed by atoms with Crippen LogP contribution in [0.2, 0.25) is 0 Å². The number of nitrogen functional groups attached to an aromatic ring is 1. The zero-order valence-electron chi connectivity index (χ0n) is 11.8. The number of pyridine rings is 1. The summed E-state index contributed by atoms with van der Waals surface area (Å²) >= 11 is 0. The van der Waals surface area contributed by atoms with Crippen LogP contribution >= 0.6 is 0 Å². The molecule has 4 N–H and O–H groups in total. The van der Waals surface area contributed by atoms with E-state index in [4.69, 9.17) is 10.8 Å². The molecule has 1 heterocycles. The standard InChI is InChI=1S/C13H22N4O2/c1-8(2)11(7-17(3)4)16-12-9(14)5-6-10(15-12)13(18)19/h5-6,8,11H,7,14H2,1-4H3,(H,15,16)(H,18,19). The minimum atomic E-state index is -1.06. The van der Waals surface area contributed by atoms with Crippen LogP contribution in [-0.2, 0) is 0 Å². The lowest BCUT2D eigenvalue weighted by Crippen LogP contribution is -2.37. The topological polar surface area (TPSA) is 91.5 Å². The highest BCUT2D eigenvalue weighted by Crippen LogP contribution is 2.19. The minimum Gasteiger partial charge on any atom is -0.477 e. The molecule has 0 radical (unpaired) electrons. The van der Waals surface area contributed by atoms with Crippen molar-refractivity contribution in [2.45, 2.75) is 19.9 Å². The smallest absolute Gasteiger partial charge is 0.354 e. The zero-order valence-corrected chi connectivity index (χ0v) is 11.8. The van der Waals surface area contributed by atoms with Crippen LogP contribution in [0.1, 0.15) is 24.3 Å². The quantitative estimate of drug-likeness (QED) is 0.720. The van der Waals surface area contributed by atoms with Gasteiger partial charge in [-0.25, -0.2) is 9.78 Å². The van der Waals surface area contributed by atoms with Gasteiger partial charge in [0.25, 0.3) is 0 Å². The Morgan fingerprint density at radius 2 is 2.11 bits per heavy atom. The number of nitrogens with two attached hydrogens (primary N) is 1. The Labute approximate surface area is 113 Å². The number of anilines is 2. The number of aromatic nitrogens is 1. The molecule has 6 heteroatoms. The van der Waals surface area contributed by atoms with E-state index in [1.165, 1.54) is 6.07 Å². The van der Waals surface area contributed by atoms with E-state index in [0.29, 0.717) is 17.4 Å². The van der Waals surface area contributed by atoms with Crippen LogP contribution in [0.5, 0.6) is 0 Å². The number of aromatic carboxylic acids is 1. The van der Waals surface area contributed by atoms with E-state index in [-0.39, 0.29) is 11.7 Å². The summed E-state index contributed by atoms with van der Waals surface area (Å²) in [7, 11) is 3.98. The first-order valence-corrected chi connectivity index (χ1v) is 6.22. The van der Waals surface area contributed by atoms with Gasteiger partial charge in [-0.05, 0) is 32.1 Å². The first kappa shape index (κ1) is 15.2. The van der Waals surface area contributed by atoms with Crippen molar-refractivity contribution >= 4 is 17.5 Å². The van der Waals surface area contributed by atoms with E-state index in [9.17, 15) is 4.79 Å². The SMILES string of the molecule is CC(C)C(CN(C)C)Nc1nc(C(=O)O)ccc1N. The van der Waals surface area contributed by atoms with Crippen LogP contribution in [-0.4, -0.2) is 47.6 Å². The van der Waals surface area contributed by atoms with Crippen molar-refractivity contribution in [2.24, 2.45) is 5.92 Å². The normalized spacial score (nSPS) is 12.7. The summed E-state index contributed by atoms with van der Waals surface area (Å²) in [6, 6.07) is 3.11. The molecule has 0 aliphatic carbocycles. The highest BCUT2D eigenvalue weighted by atomic mass is 16.4. The van der Waals surface area contributed by atoms with Crippen LogP contribution in [0.4, 0.5) is 11.5 Å². The van der Waals surface area contributed by atoms with E-state index in [1.54, 1.807) is 6.07 Å². The third kappa shape index (κ3) is 4.40. The van der Waals surface area contributed by atoms with Gasteiger partial charge in [0, 0.05) is 12.6 Å². The summed E-state index contributed by atoms with van der Waals surface area (Å²) < 4.78 is 0. The second-order valence-corrected chi connectivity index (χ2v) is 5.20. The first-order chi connectivity index (χ1) is 8.81. The van der Waals surface area contributed by atoms with Crippen LogP contribution < -0.4 is 11.1 Å². The van der Waals surface area contributed by atoms with Gasteiger partial charge in [-0.1, -0.05) is 13.8 Å². The maximum absolute atomic E-state index is 10.9. The summed E-state index contributed by atoms with van der Waals surface area (Å²) in [6.45, 7) is 5.01. The van der Waals surface area contributed by atoms with Crippen LogP contribution in [0, 0.1) is 5.92 Å². The molecule has 0 fully saturated rings. The predicted molar refractivity (Wildman–Crippen MR) is 76.4 cm³/mol. The van der Waals surface area contributed by atoms with Crippen molar-refractivity contribution in [2.75, 3.05) is 31.7 Å². The van der Waals surface area contributed by atoms with Crippen LogP contribution in [0.3, 0.4) is 0 Å². The summed E-state index contributed by atoms with van der Waals surface area (Å²) in [4.78, 5) is 17.0. The fourth-order valence-electron chi connectivity index (χ4n) is 1.70. The molecule has 1 aromatic rings. The third-order valence-corrected chi connectivity index (χ3v) is 2.83. The van der Waals surface area contributed by atoms with Gasteiger partial charge in [0.15, 0.2) is 5.69 Å². The summed E-state index contributed by atoms with van der Waals surface area (Å²) in [6.07, 6.45) is 0. The van der Waals surface area contributed by atoms with Gasteiger partial charge in [0.05, 0.1) is 5.69 Å². The Bertz CT molecular complexity index is 446. The molecule has 6 nitrogen and oxygen atoms in total. The van der Waals surface area contributed by atoms with E-state index in [1.807, 2.05) is 14.1 Å². The number of nitrogens with one attached hydrogen (secondary N) is 1. The summed E-state index contributed by atoms with van der Waals surface area (Å²) in [5.41, 5.74) is 6.28. The molecular formula is C13H22N4O2. The van der Waals surface area contributed by atoms with E-state index >= 15 is 0 Å². The molecule has 0 amide bonds. The Balaban J connectivity index is 2.95. The molecule has 19 heavy (non-hydrogen) atoms. The predicted octanol–water partition coefficient (Wildman–Crippen LogP) is 1.36. The number of hydrogen-bond acceptors (Lipinski definition) is 5. The maximum Gasteiger partial charge on any atom is 0.354 e. The Morgan fingerprint density at radius 1 is 1.47 bits per heavy atom. The van der Waals surface area contributed by atoms with Gasteiger partial charge in [0.2, 0.25) is 0 Å². The number of nitrogens with zero attached hydrogens (tertiary/aromatic N) is 2. The average molecular weight is 266 g/mol. The lowest BCUT2D eigenvalue weighted by Gasteiger charge is -2.26. The van der Waals surface area contributed by atoms with Crippen LogP contribution in [0.15, 0.2) is 12.1 Å². The first-order valence-electron chi connectivity index (χ1n) is 6.22. The van der Waals surface area contributed by atoms with Crippen molar-refractivity contribution in [3.63, 3.8) is 0 Å². The average Bonchev–Trinajstić information content (AvgIpc) is 2.29. The van der Waals surface area contributed by atoms with Crippen molar-refractivity contribution in [3.8, 4) is 0 Å². The molecule has 106 valence electrons. The molecule has 0 aliphatic heterocycles. The lowest BCUT2D eigenvalue weighted by molar-refractivity contribution is 0.0690. The fraction of sp³-hybridized carbons (Fsp3) is 0.538. The molecule has 1 rings (SSSR count). The van der Waals surface area contributed by atoms with Gasteiger partial charge in [0.1, 0.15) is 5.82 Å². The van der Waals surface area contributed by atoms with E-state index < -0.39 is 5.97 Å². The number of hydrogen-bond donors (Lipinski definition) is 3. The number of carboxylic acid groups (broad SMARTS) is 1.